The number of ketones is 1. The lowest BCUT2D eigenvalue weighted by molar-refractivity contribution is 0.101. The molecule has 0 saturated carbocycles. The first kappa shape index (κ1) is 15.5. The van der Waals surface area contributed by atoms with E-state index >= 15 is 0 Å². The van der Waals surface area contributed by atoms with Crippen molar-refractivity contribution in [2.75, 3.05) is 5.73 Å². The molecule has 1 aromatic carbocycles. The lowest BCUT2D eigenvalue weighted by Gasteiger charge is -2.15. The van der Waals surface area contributed by atoms with Gasteiger partial charge in [-0.25, -0.2) is 0 Å². The van der Waals surface area contributed by atoms with E-state index in [1.165, 1.54) is 32.6 Å². The zero-order valence-corrected chi connectivity index (χ0v) is 12.2. The fraction of sp³-hybridized carbons (Fsp3) is 0.562. The summed E-state index contributed by atoms with van der Waals surface area (Å²) in [4.78, 5) is 11.3. The molecule has 106 valence electrons. The normalized spacial score (nSPS) is 12.2. The molecule has 1 unspecified atom stereocenters. The number of rotatable bonds is 8. The Morgan fingerprint density at radius 1 is 1.32 bits per heavy atom. The minimum absolute atomic E-state index is 0.0170. The third-order valence-corrected chi connectivity index (χ3v) is 3.20. The molecule has 0 aliphatic carbocycles. The van der Waals surface area contributed by atoms with Crippen molar-refractivity contribution in [1.82, 2.24) is 0 Å². The molecule has 0 aromatic heterocycles. The molecule has 0 amide bonds. The summed E-state index contributed by atoms with van der Waals surface area (Å²) < 4.78 is 5.82. The molecule has 0 saturated heterocycles. The summed E-state index contributed by atoms with van der Waals surface area (Å²) in [6.45, 7) is 5.79. The minimum atomic E-state index is -0.0170. The Balaban J connectivity index is 2.48. The molecule has 0 bridgehead atoms. The summed E-state index contributed by atoms with van der Waals surface area (Å²) in [6, 6.07) is 5.28. The van der Waals surface area contributed by atoms with Crippen LogP contribution in [-0.2, 0) is 0 Å². The Hall–Kier alpha value is -1.51. The van der Waals surface area contributed by atoms with Gasteiger partial charge in [-0.05, 0) is 38.8 Å². The second-order valence-electron chi connectivity index (χ2n) is 5.08. The average molecular weight is 263 g/mol. The van der Waals surface area contributed by atoms with Gasteiger partial charge in [0.2, 0.25) is 0 Å². The number of carbonyl (C=O) groups is 1. The van der Waals surface area contributed by atoms with Gasteiger partial charge in [0, 0.05) is 17.3 Å². The zero-order chi connectivity index (χ0) is 14.3. The van der Waals surface area contributed by atoms with Crippen LogP contribution < -0.4 is 10.5 Å². The molecule has 1 atom stereocenters. The van der Waals surface area contributed by atoms with Crippen molar-refractivity contribution < 1.29 is 9.53 Å². The highest BCUT2D eigenvalue weighted by molar-refractivity contribution is 5.99. The fourth-order valence-electron chi connectivity index (χ4n) is 2.08. The van der Waals surface area contributed by atoms with E-state index in [2.05, 4.69) is 13.8 Å². The highest BCUT2D eigenvalue weighted by Gasteiger charge is 2.08. The highest BCUT2D eigenvalue weighted by Crippen LogP contribution is 2.22. The van der Waals surface area contributed by atoms with Gasteiger partial charge in [0.1, 0.15) is 5.75 Å². The fourth-order valence-corrected chi connectivity index (χ4v) is 2.08. The highest BCUT2D eigenvalue weighted by atomic mass is 16.5. The Labute approximate surface area is 116 Å². The lowest BCUT2D eigenvalue weighted by atomic mass is 10.1. The van der Waals surface area contributed by atoms with Gasteiger partial charge in [0.25, 0.3) is 0 Å². The second kappa shape index (κ2) is 7.82. The predicted molar refractivity (Wildman–Crippen MR) is 79.7 cm³/mol. The third kappa shape index (κ3) is 5.33. The Morgan fingerprint density at radius 2 is 2.05 bits per heavy atom. The SMILES string of the molecule is CCCCCCC(C)Oc1ccc(C(C)=O)c(N)c1. The Kier molecular flexibility index (Phi) is 6.40. The van der Waals surface area contributed by atoms with Crippen molar-refractivity contribution in [3.8, 4) is 5.75 Å². The number of Topliss-reactive ketones (excluding diaryl/α,β-unsaturated/α-hetero) is 1. The van der Waals surface area contributed by atoms with Crippen LogP contribution >= 0.6 is 0 Å². The van der Waals surface area contributed by atoms with Crippen LogP contribution in [0.2, 0.25) is 0 Å². The van der Waals surface area contributed by atoms with Gasteiger partial charge in [0.15, 0.2) is 5.78 Å². The van der Waals surface area contributed by atoms with Crippen molar-refractivity contribution in [2.24, 2.45) is 0 Å². The van der Waals surface area contributed by atoms with Gasteiger partial charge in [0.05, 0.1) is 6.10 Å². The van der Waals surface area contributed by atoms with Gasteiger partial charge in [-0.1, -0.05) is 26.2 Å². The summed E-state index contributed by atoms with van der Waals surface area (Å²) >= 11 is 0. The van der Waals surface area contributed by atoms with Gasteiger partial charge in [-0.3, -0.25) is 4.79 Å². The predicted octanol–water partition coefficient (Wildman–Crippen LogP) is 4.21. The maximum absolute atomic E-state index is 11.3. The van der Waals surface area contributed by atoms with Crippen LogP contribution in [0.15, 0.2) is 18.2 Å². The number of nitrogens with two attached hydrogens (primary N) is 1. The van der Waals surface area contributed by atoms with Crippen molar-refractivity contribution in [3.05, 3.63) is 23.8 Å². The number of benzene rings is 1. The Morgan fingerprint density at radius 3 is 2.63 bits per heavy atom. The molecule has 0 fully saturated rings. The summed E-state index contributed by atoms with van der Waals surface area (Å²) in [6.07, 6.45) is 6.21. The first-order chi connectivity index (χ1) is 9.04. The van der Waals surface area contributed by atoms with Crippen LogP contribution in [-0.4, -0.2) is 11.9 Å². The molecule has 3 heteroatoms. The number of nitrogen functional groups attached to an aromatic ring is 1. The van der Waals surface area contributed by atoms with E-state index in [1.54, 1.807) is 12.1 Å². The molecule has 0 aliphatic heterocycles. The van der Waals surface area contributed by atoms with Crippen LogP contribution in [0, 0.1) is 0 Å². The molecule has 0 spiro atoms. The number of anilines is 1. The van der Waals surface area contributed by atoms with Crippen molar-refractivity contribution in [3.63, 3.8) is 0 Å². The Bertz CT molecular complexity index is 415. The maximum atomic E-state index is 11.3. The minimum Gasteiger partial charge on any atom is -0.491 e. The quantitative estimate of drug-likeness (QED) is 0.434. The molecule has 2 N–H and O–H groups in total. The molecule has 19 heavy (non-hydrogen) atoms. The number of ether oxygens (including phenoxy) is 1. The van der Waals surface area contributed by atoms with Crippen molar-refractivity contribution in [1.29, 1.82) is 0 Å². The number of carbonyl (C=O) groups excluding carboxylic acids is 1. The number of hydrogen-bond donors (Lipinski definition) is 1. The van der Waals surface area contributed by atoms with Crippen LogP contribution in [0.25, 0.3) is 0 Å². The molecule has 1 rings (SSSR count). The van der Waals surface area contributed by atoms with E-state index < -0.39 is 0 Å². The lowest BCUT2D eigenvalue weighted by Crippen LogP contribution is -2.12. The monoisotopic (exact) mass is 263 g/mol. The largest absolute Gasteiger partial charge is 0.491 e. The van der Waals surface area contributed by atoms with E-state index in [0.29, 0.717) is 11.3 Å². The zero-order valence-electron chi connectivity index (χ0n) is 12.2. The van der Waals surface area contributed by atoms with E-state index in [-0.39, 0.29) is 11.9 Å². The van der Waals surface area contributed by atoms with Gasteiger partial charge >= 0.3 is 0 Å². The maximum Gasteiger partial charge on any atom is 0.161 e. The number of unbranched alkanes of at least 4 members (excludes halogenated alkanes) is 3. The van der Waals surface area contributed by atoms with Crippen LogP contribution in [0.1, 0.15) is 63.2 Å². The summed E-state index contributed by atoms with van der Waals surface area (Å²) in [7, 11) is 0. The molecular weight excluding hydrogens is 238 g/mol. The van der Waals surface area contributed by atoms with Gasteiger partial charge in [-0.15, -0.1) is 0 Å². The van der Waals surface area contributed by atoms with E-state index in [1.807, 2.05) is 6.07 Å². The summed E-state index contributed by atoms with van der Waals surface area (Å²) in [5.41, 5.74) is 6.88. The summed E-state index contributed by atoms with van der Waals surface area (Å²) in [5.74, 6) is 0.724. The van der Waals surface area contributed by atoms with Crippen LogP contribution in [0.5, 0.6) is 5.75 Å². The molecule has 0 heterocycles. The number of hydrogen-bond acceptors (Lipinski definition) is 3. The van der Waals surface area contributed by atoms with E-state index in [0.717, 1.165) is 12.2 Å². The molecule has 1 aromatic rings. The first-order valence-corrected chi connectivity index (χ1v) is 7.11. The smallest absolute Gasteiger partial charge is 0.161 e. The van der Waals surface area contributed by atoms with E-state index in [9.17, 15) is 4.79 Å². The second-order valence-corrected chi connectivity index (χ2v) is 5.08. The molecular formula is C16H25NO2. The van der Waals surface area contributed by atoms with Crippen LogP contribution in [0.3, 0.4) is 0 Å². The first-order valence-electron chi connectivity index (χ1n) is 7.11. The van der Waals surface area contributed by atoms with E-state index in [4.69, 9.17) is 10.5 Å². The third-order valence-electron chi connectivity index (χ3n) is 3.20. The summed E-state index contributed by atoms with van der Waals surface area (Å²) in [5, 5.41) is 0. The topological polar surface area (TPSA) is 52.3 Å². The van der Waals surface area contributed by atoms with Crippen LogP contribution in [0.4, 0.5) is 5.69 Å². The average Bonchev–Trinajstić information content (AvgIpc) is 2.34. The molecule has 0 aliphatic rings. The molecule has 0 radical (unpaired) electrons. The van der Waals surface area contributed by atoms with Gasteiger partial charge in [-0.2, -0.15) is 0 Å². The molecule has 3 nitrogen and oxygen atoms in total. The standard InChI is InChI=1S/C16H25NO2/c1-4-5-6-7-8-12(2)19-14-9-10-15(13(3)18)16(17)11-14/h9-12H,4-8,17H2,1-3H3. The van der Waals surface area contributed by atoms with Crippen molar-refractivity contribution >= 4 is 11.5 Å². The van der Waals surface area contributed by atoms with Gasteiger partial charge < -0.3 is 10.5 Å². The van der Waals surface area contributed by atoms with Crippen molar-refractivity contribution in [2.45, 2.75) is 59.0 Å².